The Bertz CT molecular complexity index is 801. The minimum atomic E-state index is -0.767. The molecule has 1 heterocycles. The summed E-state index contributed by atoms with van der Waals surface area (Å²) in [5, 5.41) is 14.1. The highest BCUT2D eigenvalue weighted by Gasteiger charge is 2.26. The third kappa shape index (κ3) is 6.97. The van der Waals surface area contributed by atoms with Crippen molar-refractivity contribution in [2.75, 3.05) is 33.9 Å². The van der Waals surface area contributed by atoms with Crippen LogP contribution >= 0.6 is 0 Å². The van der Waals surface area contributed by atoms with Crippen molar-refractivity contribution >= 4 is 5.91 Å². The first-order chi connectivity index (χ1) is 15.1. The van der Waals surface area contributed by atoms with Crippen molar-refractivity contribution in [1.29, 1.82) is 0 Å². The third-order valence-corrected chi connectivity index (χ3v) is 5.87. The van der Waals surface area contributed by atoms with Crippen molar-refractivity contribution < 1.29 is 19.4 Å². The molecule has 1 amide bonds. The van der Waals surface area contributed by atoms with Gasteiger partial charge in [0.15, 0.2) is 0 Å². The predicted octanol–water partition coefficient (Wildman–Crippen LogP) is 3.34. The zero-order valence-corrected chi connectivity index (χ0v) is 18.5. The molecule has 0 aliphatic carbocycles. The van der Waals surface area contributed by atoms with E-state index in [4.69, 9.17) is 9.47 Å². The molecule has 0 radical (unpaired) electrons. The molecule has 0 bridgehead atoms. The van der Waals surface area contributed by atoms with Gasteiger partial charge in [0.2, 0.25) is 5.91 Å². The fourth-order valence-corrected chi connectivity index (χ4v) is 4.03. The van der Waals surface area contributed by atoms with Crippen LogP contribution in [0.15, 0.2) is 48.5 Å². The molecule has 2 atom stereocenters. The number of nitrogens with zero attached hydrogens (tertiary/aromatic N) is 1. The van der Waals surface area contributed by atoms with Crippen molar-refractivity contribution in [2.45, 2.75) is 44.2 Å². The predicted molar refractivity (Wildman–Crippen MR) is 121 cm³/mol. The summed E-state index contributed by atoms with van der Waals surface area (Å²) in [4.78, 5) is 15.0. The number of aliphatic hydroxyl groups is 1. The van der Waals surface area contributed by atoms with E-state index in [-0.39, 0.29) is 11.9 Å². The average Bonchev–Trinajstić information content (AvgIpc) is 3.32. The van der Waals surface area contributed by atoms with Crippen LogP contribution in [0.1, 0.15) is 42.9 Å². The van der Waals surface area contributed by atoms with E-state index in [1.165, 1.54) is 18.4 Å². The molecule has 1 fully saturated rings. The van der Waals surface area contributed by atoms with Gasteiger partial charge in [-0.15, -0.1) is 0 Å². The van der Waals surface area contributed by atoms with E-state index in [1.807, 2.05) is 48.5 Å². The lowest BCUT2D eigenvalue weighted by molar-refractivity contribution is -0.123. The molecule has 2 aromatic carbocycles. The topological polar surface area (TPSA) is 71.0 Å². The van der Waals surface area contributed by atoms with Gasteiger partial charge in [-0.05, 0) is 74.2 Å². The van der Waals surface area contributed by atoms with Crippen molar-refractivity contribution in [3.8, 4) is 11.5 Å². The normalized spacial score (nSPS) is 16.0. The van der Waals surface area contributed by atoms with Crippen LogP contribution in [0.2, 0.25) is 0 Å². The Balaban J connectivity index is 1.56. The monoisotopic (exact) mass is 426 g/mol. The standard InChI is InChI=1S/C25H34N2O4/c1-30-21-12-8-19(9-13-21)6-5-7-24(28)26-23(18-27-16-3-4-17-27)25(29)20-10-14-22(31-2)15-11-20/h8-15,23,25,29H,3-7,16-18H2,1-2H3,(H,26,28)/t23-,25-/m1/s1. The van der Waals surface area contributed by atoms with Crippen LogP contribution in [0.3, 0.4) is 0 Å². The Hall–Kier alpha value is -2.57. The van der Waals surface area contributed by atoms with Gasteiger partial charge in [0.25, 0.3) is 0 Å². The SMILES string of the molecule is COc1ccc(CCCC(=O)N[C@H](CN2CCCC2)[C@H](O)c2ccc(OC)cc2)cc1. The quantitative estimate of drug-likeness (QED) is 0.577. The first kappa shape index (κ1) is 23.1. The third-order valence-electron chi connectivity index (χ3n) is 5.87. The number of methoxy groups -OCH3 is 2. The molecule has 0 spiro atoms. The van der Waals surface area contributed by atoms with E-state index in [0.29, 0.717) is 13.0 Å². The molecule has 0 aromatic heterocycles. The van der Waals surface area contributed by atoms with Gasteiger partial charge in [-0.2, -0.15) is 0 Å². The van der Waals surface area contributed by atoms with Crippen LogP contribution in [0.4, 0.5) is 0 Å². The minimum absolute atomic E-state index is 0.0229. The highest BCUT2D eigenvalue weighted by molar-refractivity contribution is 5.76. The summed E-state index contributed by atoms with van der Waals surface area (Å²) in [7, 11) is 3.27. The molecule has 1 aliphatic rings. The highest BCUT2D eigenvalue weighted by Crippen LogP contribution is 2.22. The summed E-state index contributed by atoms with van der Waals surface area (Å²) < 4.78 is 10.4. The van der Waals surface area contributed by atoms with Gasteiger partial charge in [-0.25, -0.2) is 0 Å². The molecule has 0 saturated carbocycles. The molecule has 6 nitrogen and oxygen atoms in total. The van der Waals surface area contributed by atoms with E-state index in [9.17, 15) is 9.90 Å². The van der Waals surface area contributed by atoms with Gasteiger partial charge in [0.1, 0.15) is 17.6 Å². The molecular weight excluding hydrogens is 392 g/mol. The largest absolute Gasteiger partial charge is 0.497 e. The Kier molecular flexibility index (Phi) is 8.74. The number of hydrogen-bond donors (Lipinski definition) is 2. The summed E-state index contributed by atoms with van der Waals surface area (Å²) in [6.07, 6.45) is 3.58. The van der Waals surface area contributed by atoms with E-state index in [1.54, 1.807) is 14.2 Å². The first-order valence-electron chi connectivity index (χ1n) is 11.1. The second-order valence-electron chi connectivity index (χ2n) is 8.10. The second kappa shape index (κ2) is 11.7. The molecule has 2 N–H and O–H groups in total. The molecule has 0 unspecified atom stereocenters. The number of carbonyl (C=O) groups is 1. The Labute approximate surface area is 185 Å². The molecule has 2 aromatic rings. The molecule has 168 valence electrons. The smallest absolute Gasteiger partial charge is 0.220 e. The lowest BCUT2D eigenvalue weighted by Gasteiger charge is -2.29. The summed E-state index contributed by atoms with van der Waals surface area (Å²) in [5.41, 5.74) is 1.96. The molecule has 3 rings (SSSR count). The van der Waals surface area contributed by atoms with E-state index in [2.05, 4.69) is 10.2 Å². The number of hydrogen-bond acceptors (Lipinski definition) is 5. The van der Waals surface area contributed by atoms with Crippen LogP contribution in [0.5, 0.6) is 11.5 Å². The van der Waals surface area contributed by atoms with Crippen molar-refractivity contribution in [2.24, 2.45) is 0 Å². The van der Waals surface area contributed by atoms with Crippen LogP contribution in [-0.4, -0.2) is 55.8 Å². The zero-order valence-electron chi connectivity index (χ0n) is 18.5. The van der Waals surface area contributed by atoms with Gasteiger partial charge >= 0.3 is 0 Å². The highest BCUT2D eigenvalue weighted by atomic mass is 16.5. The number of benzene rings is 2. The van der Waals surface area contributed by atoms with Crippen molar-refractivity contribution in [1.82, 2.24) is 10.2 Å². The fraction of sp³-hybridized carbons (Fsp3) is 0.480. The van der Waals surface area contributed by atoms with E-state index in [0.717, 1.165) is 43.0 Å². The number of likely N-dealkylation sites (tertiary alicyclic amines) is 1. The summed E-state index contributed by atoms with van der Waals surface area (Å²) >= 11 is 0. The van der Waals surface area contributed by atoms with E-state index >= 15 is 0 Å². The zero-order chi connectivity index (χ0) is 22.1. The molecular formula is C25H34N2O4. The fourth-order valence-electron chi connectivity index (χ4n) is 4.03. The Morgan fingerprint density at radius 3 is 2.16 bits per heavy atom. The first-order valence-corrected chi connectivity index (χ1v) is 11.1. The van der Waals surface area contributed by atoms with Crippen LogP contribution < -0.4 is 14.8 Å². The summed E-state index contributed by atoms with van der Waals surface area (Å²) in [6, 6.07) is 15.0. The van der Waals surface area contributed by atoms with Gasteiger partial charge in [0, 0.05) is 13.0 Å². The number of carbonyl (C=O) groups excluding carboxylic acids is 1. The molecule has 31 heavy (non-hydrogen) atoms. The maximum atomic E-state index is 12.7. The van der Waals surface area contributed by atoms with Gasteiger partial charge < -0.3 is 24.8 Å². The summed E-state index contributed by atoms with van der Waals surface area (Å²) in [5.74, 6) is 1.55. The van der Waals surface area contributed by atoms with Crippen LogP contribution in [0.25, 0.3) is 0 Å². The number of aryl methyl sites for hydroxylation is 1. The number of nitrogens with one attached hydrogen (secondary N) is 1. The lowest BCUT2D eigenvalue weighted by atomic mass is 10.0. The Morgan fingerprint density at radius 1 is 1.00 bits per heavy atom. The number of ether oxygens (including phenoxy) is 2. The van der Waals surface area contributed by atoms with Crippen LogP contribution in [0, 0.1) is 0 Å². The summed E-state index contributed by atoms with van der Waals surface area (Å²) in [6.45, 7) is 2.68. The van der Waals surface area contributed by atoms with Gasteiger partial charge in [0.05, 0.1) is 20.3 Å². The van der Waals surface area contributed by atoms with Crippen LogP contribution in [-0.2, 0) is 11.2 Å². The maximum Gasteiger partial charge on any atom is 0.220 e. The average molecular weight is 427 g/mol. The minimum Gasteiger partial charge on any atom is -0.497 e. The lowest BCUT2D eigenvalue weighted by Crippen LogP contribution is -2.46. The Morgan fingerprint density at radius 2 is 1.58 bits per heavy atom. The molecule has 1 aliphatic heterocycles. The van der Waals surface area contributed by atoms with Gasteiger partial charge in [-0.1, -0.05) is 24.3 Å². The van der Waals surface area contributed by atoms with Crippen molar-refractivity contribution in [3.63, 3.8) is 0 Å². The second-order valence-corrected chi connectivity index (χ2v) is 8.10. The number of amides is 1. The number of aliphatic hydroxyl groups excluding tert-OH is 1. The van der Waals surface area contributed by atoms with Crippen molar-refractivity contribution in [3.05, 3.63) is 59.7 Å². The van der Waals surface area contributed by atoms with Gasteiger partial charge in [-0.3, -0.25) is 4.79 Å². The number of rotatable bonds is 11. The molecule has 1 saturated heterocycles. The maximum absolute atomic E-state index is 12.7. The molecule has 6 heteroatoms. The van der Waals surface area contributed by atoms with E-state index < -0.39 is 6.10 Å².